The molecule has 0 amide bonds. The van der Waals surface area contributed by atoms with E-state index in [0.29, 0.717) is 12.5 Å². The van der Waals surface area contributed by atoms with Crippen molar-refractivity contribution in [2.24, 2.45) is 5.92 Å². The van der Waals surface area contributed by atoms with Crippen LogP contribution >= 0.6 is 11.3 Å². The van der Waals surface area contributed by atoms with E-state index in [9.17, 15) is 0 Å². The number of nitrogens with zero attached hydrogens (tertiary/aromatic N) is 1. The standard InChI is InChI=1S/C15H26N2OS/c1-4-16-9-14-13(10-18-3)17-15(19-14)12-7-5-6-11(2)8-12/h11-12,16H,4-10H2,1-3H3. The smallest absolute Gasteiger partial charge is 0.0963 e. The van der Waals surface area contributed by atoms with Crippen LogP contribution in [0.25, 0.3) is 0 Å². The Balaban J connectivity index is 2.11. The van der Waals surface area contributed by atoms with Crippen molar-refractivity contribution in [1.29, 1.82) is 0 Å². The van der Waals surface area contributed by atoms with Crippen molar-refractivity contribution in [2.75, 3.05) is 13.7 Å². The first kappa shape index (κ1) is 14.9. The minimum atomic E-state index is 0.638. The number of hydrogen-bond acceptors (Lipinski definition) is 4. The lowest BCUT2D eigenvalue weighted by Gasteiger charge is -2.24. The number of hydrogen-bond donors (Lipinski definition) is 1. The predicted octanol–water partition coefficient (Wildman–Crippen LogP) is 3.69. The maximum Gasteiger partial charge on any atom is 0.0963 e. The maximum atomic E-state index is 5.29. The molecule has 0 aromatic carbocycles. The van der Waals surface area contributed by atoms with Gasteiger partial charge in [-0.3, -0.25) is 0 Å². The second kappa shape index (κ2) is 7.36. The van der Waals surface area contributed by atoms with Crippen molar-refractivity contribution >= 4 is 11.3 Å². The van der Waals surface area contributed by atoms with Gasteiger partial charge in [-0.25, -0.2) is 4.98 Å². The number of thiazole rings is 1. The molecule has 0 bridgehead atoms. The summed E-state index contributed by atoms with van der Waals surface area (Å²) in [4.78, 5) is 6.22. The Morgan fingerprint density at radius 2 is 2.26 bits per heavy atom. The molecule has 0 aliphatic heterocycles. The van der Waals surface area contributed by atoms with Crippen LogP contribution in [-0.2, 0) is 17.9 Å². The van der Waals surface area contributed by atoms with Gasteiger partial charge in [-0.1, -0.05) is 26.7 Å². The molecule has 2 unspecified atom stereocenters. The fourth-order valence-electron chi connectivity index (χ4n) is 2.86. The van der Waals surface area contributed by atoms with Crippen LogP contribution in [-0.4, -0.2) is 18.6 Å². The van der Waals surface area contributed by atoms with Gasteiger partial charge in [0.1, 0.15) is 0 Å². The maximum absolute atomic E-state index is 5.29. The SMILES string of the molecule is CCNCc1sc(C2CCCC(C)C2)nc1COC. The Labute approximate surface area is 120 Å². The molecule has 1 fully saturated rings. The van der Waals surface area contributed by atoms with Gasteiger partial charge in [-0.2, -0.15) is 0 Å². The molecule has 4 heteroatoms. The van der Waals surface area contributed by atoms with Crippen molar-refractivity contribution in [1.82, 2.24) is 10.3 Å². The number of rotatable bonds is 6. The zero-order valence-electron chi connectivity index (χ0n) is 12.4. The lowest BCUT2D eigenvalue weighted by atomic mass is 9.83. The van der Waals surface area contributed by atoms with E-state index >= 15 is 0 Å². The lowest BCUT2D eigenvalue weighted by Crippen LogP contribution is -2.12. The number of nitrogens with one attached hydrogen (secondary N) is 1. The molecule has 2 atom stereocenters. The second-order valence-corrected chi connectivity index (χ2v) is 6.72. The Hall–Kier alpha value is -0.450. The van der Waals surface area contributed by atoms with Crippen LogP contribution in [0.1, 0.15) is 61.0 Å². The van der Waals surface area contributed by atoms with Gasteiger partial charge in [0.2, 0.25) is 0 Å². The molecule has 19 heavy (non-hydrogen) atoms. The van der Waals surface area contributed by atoms with E-state index in [-0.39, 0.29) is 0 Å². The minimum Gasteiger partial charge on any atom is -0.378 e. The lowest BCUT2D eigenvalue weighted by molar-refractivity contribution is 0.181. The van der Waals surface area contributed by atoms with Crippen molar-refractivity contribution < 1.29 is 4.74 Å². The summed E-state index contributed by atoms with van der Waals surface area (Å²) in [6.45, 7) is 7.07. The zero-order chi connectivity index (χ0) is 13.7. The van der Waals surface area contributed by atoms with Crippen molar-refractivity contribution in [3.8, 4) is 0 Å². The van der Waals surface area contributed by atoms with E-state index in [4.69, 9.17) is 9.72 Å². The highest BCUT2D eigenvalue weighted by molar-refractivity contribution is 7.11. The largest absolute Gasteiger partial charge is 0.378 e. The Morgan fingerprint density at radius 1 is 1.42 bits per heavy atom. The van der Waals surface area contributed by atoms with Crippen LogP contribution in [0.15, 0.2) is 0 Å². The molecule has 1 aliphatic carbocycles. The topological polar surface area (TPSA) is 34.2 Å². The molecule has 108 valence electrons. The van der Waals surface area contributed by atoms with E-state index in [0.717, 1.165) is 24.7 Å². The summed E-state index contributed by atoms with van der Waals surface area (Å²) in [6.07, 6.45) is 5.36. The zero-order valence-corrected chi connectivity index (χ0v) is 13.2. The molecular weight excluding hydrogens is 256 g/mol. The molecule has 1 N–H and O–H groups in total. The molecule has 2 rings (SSSR count). The molecular formula is C15H26N2OS. The Kier molecular flexibility index (Phi) is 5.79. The van der Waals surface area contributed by atoms with Gasteiger partial charge in [-0.05, 0) is 25.3 Å². The third-order valence-electron chi connectivity index (χ3n) is 3.90. The highest BCUT2D eigenvalue weighted by Gasteiger charge is 2.24. The molecule has 0 radical (unpaired) electrons. The number of ether oxygens (including phenoxy) is 1. The fraction of sp³-hybridized carbons (Fsp3) is 0.800. The molecule has 3 nitrogen and oxygen atoms in total. The van der Waals surface area contributed by atoms with Gasteiger partial charge in [0, 0.05) is 24.4 Å². The van der Waals surface area contributed by atoms with E-state index < -0.39 is 0 Å². The van der Waals surface area contributed by atoms with Gasteiger partial charge in [0.25, 0.3) is 0 Å². The first-order valence-electron chi connectivity index (χ1n) is 7.42. The molecule has 0 saturated heterocycles. The first-order chi connectivity index (χ1) is 9.24. The van der Waals surface area contributed by atoms with Gasteiger partial charge in [0.15, 0.2) is 0 Å². The minimum absolute atomic E-state index is 0.638. The van der Waals surface area contributed by atoms with Crippen LogP contribution < -0.4 is 5.32 Å². The van der Waals surface area contributed by atoms with Crippen LogP contribution in [0, 0.1) is 5.92 Å². The van der Waals surface area contributed by atoms with E-state index in [1.807, 2.05) is 11.3 Å². The summed E-state index contributed by atoms with van der Waals surface area (Å²) in [5, 5.41) is 4.74. The number of methoxy groups -OCH3 is 1. The van der Waals surface area contributed by atoms with E-state index in [2.05, 4.69) is 19.2 Å². The first-order valence-corrected chi connectivity index (χ1v) is 8.24. The van der Waals surface area contributed by atoms with Crippen molar-refractivity contribution in [3.05, 3.63) is 15.6 Å². The molecule has 1 aromatic rings. The van der Waals surface area contributed by atoms with Gasteiger partial charge in [0.05, 0.1) is 17.3 Å². The molecule has 1 saturated carbocycles. The summed E-state index contributed by atoms with van der Waals surface area (Å²) >= 11 is 1.89. The highest BCUT2D eigenvalue weighted by Crippen LogP contribution is 2.38. The number of aromatic nitrogens is 1. The fourth-order valence-corrected chi connectivity index (χ4v) is 4.05. The van der Waals surface area contributed by atoms with Crippen LogP contribution in [0.3, 0.4) is 0 Å². The quantitative estimate of drug-likeness (QED) is 0.864. The summed E-state index contributed by atoms with van der Waals surface area (Å²) in [7, 11) is 1.75. The summed E-state index contributed by atoms with van der Waals surface area (Å²) in [6, 6.07) is 0. The third kappa shape index (κ3) is 4.01. The normalized spacial score (nSPS) is 23.7. The monoisotopic (exact) mass is 282 g/mol. The van der Waals surface area contributed by atoms with Gasteiger partial charge in [-0.15, -0.1) is 11.3 Å². The average molecular weight is 282 g/mol. The predicted molar refractivity (Wildman–Crippen MR) is 80.6 cm³/mol. The van der Waals surface area contributed by atoms with E-state index in [1.54, 1.807) is 7.11 Å². The third-order valence-corrected chi connectivity index (χ3v) is 5.16. The van der Waals surface area contributed by atoms with Crippen LogP contribution in [0.5, 0.6) is 0 Å². The Bertz CT molecular complexity index is 391. The average Bonchev–Trinajstić information content (AvgIpc) is 2.80. The molecule has 1 aliphatic rings. The summed E-state index contributed by atoms with van der Waals surface area (Å²) in [5.41, 5.74) is 1.14. The van der Waals surface area contributed by atoms with Crippen molar-refractivity contribution in [3.63, 3.8) is 0 Å². The molecule has 1 aromatic heterocycles. The molecule has 0 spiro atoms. The molecule has 1 heterocycles. The summed E-state index contributed by atoms with van der Waals surface area (Å²) in [5.74, 6) is 1.53. The summed E-state index contributed by atoms with van der Waals surface area (Å²) < 4.78 is 5.29. The van der Waals surface area contributed by atoms with E-state index in [1.165, 1.54) is 35.6 Å². The second-order valence-electron chi connectivity index (χ2n) is 5.60. The highest BCUT2D eigenvalue weighted by atomic mass is 32.1. The Morgan fingerprint density at radius 3 is 2.95 bits per heavy atom. The van der Waals surface area contributed by atoms with Gasteiger partial charge >= 0.3 is 0 Å². The van der Waals surface area contributed by atoms with Crippen LogP contribution in [0.4, 0.5) is 0 Å². The van der Waals surface area contributed by atoms with Crippen LogP contribution in [0.2, 0.25) is 0 Å². The van der Waals surface area contributed by atoms with Crippen molar-refractivity contribution in [2.45, 2.75) is 58.6 Å². The van der Waals surface area contributed by atoms with Gasteiger partial charge < -0.3 is 10.1 Å².